The van der Waals surface area contributed by atoms with Gasteiger partial charge in [-0.05, 0) is 34.3 Å². The number of halogens is 3. The van der Waals surface area contributed by atoms with Gasteiger partial charge in [-0.2, -0.15) is 13.2 Å². The molecule has 0 fully saturated rings. The summed E-state index contributed by atoms with van der Waals surface area (Å²) in [5.74, 6) is -7.10. The summed E-state index contributed by atoms with van der Waals surface area (Å²) in [6, 6.07) is 7.67. The van der Waals surface area contributed by atoms with Crippen molar-refractivity contribution in [1.29, 1.82) is 0 Å². The quantitative estimate of drug-likeness (QED) is 0.384. The molecule has 0 radical (unpaired) electrons. The molecule has 10 heteroatoms. The Kier molecular flexibility index (Phi) is 5.46. The van der Waals surface area contributed by atoms with Crippen molar-refractivity contribution in [1.82, 2.24) is 0 Å². The number of Topliss-reactive ketones (excluding diaryl/α,β-unsaturated/α-hetero) is 4. The van der Waals surface area contributed by atoms with Gasteiger partial charge in [0.1, 0.15) is 0 Å². The lowest BCUT2D eigenvalue weighted by Crippen LogP contribution is -2.56. The molecule has 0 aliphatic carbocycles. The van der Waals surface area contributed by atoms with Gasteiger partial charge >= 0.3 is 6.18 Å². The fraction of sp³-hybridized carbons (Fsp3) is 0.111. The van der Waals surface area contributed by atoms with E-state index in [0.29, 0.717) is 0 Å². The van der Waals surface area contributed by atoms with E-state index >= 15 is 0 Å². The molecule has 0 aliphatic rings. The minimum absolute atomic E-state index is 0.285. The van der Waals surface area contributed by atoms with Crippen LogP contribution in [0.15, 0.2) is 52.5 Å². The maximum Gasteiger partial charge on any atom is 0.452 e. The second-order valence-electron chi connectivity index (χ2n) is 5.50. The van der Waals surface area contributed by atoms with E-state index in [0.717, 1.165) is 34.0 Å². The van der Waals surface area contributed by atoms with Crippen molar-refractivity contribution in [3.05, 3.63) is 67.2 Å². The minimum atomic E-state index is -5.58. The van der Waals surface area contributed by atoms with Crippen molar-refractivity contribution < 1.29 is 32.3 Å². The van der Waals surface area contributed by atoms with E-state index < -0.39 is 34.7 Å². The van der Waals surface area contributed by atoms with Crippen LogP contribution in [0.5, 0.6) is 0 Å². The molecule has 0 amide bonds. The summed E-state index contributed by atoms with van der Waals surface area (Å²) in [7, 11) is 0. The summed E-state index contributed by atoms with van der Waals surface area (Å²) < 4.78 is 40.7. The predicted octanol–water partition coefficient (Wildman–Crippen LogP) is 4.94. The van der Waals surface area contributed by atoms with E-state index in [-0.39, 0.29) is 14.6 Å². The molecule has 0 N–H and O–H groups in total. The molecule has 0 saturated heterocycles. The molecule has 4 nitrogen and oxygen atoms in total. The molecule has 0 bridgehead atoms. The van der Waals surface area contributed by atoms with Gasteiger partial charge in [0.05, 0.1) is 14.6 Å². The van der Waals surface area contributed by atoms with Crippen LogP contribution in [0.3, 0.4) is 0 Å². The second kappa shape index (κ2) is 7.53. The Hall–Kier alpha value is -2.43. The van der Waals surface area contributed by atoms with E-state index in [1.165, 1.54) is 52.5 Å². The van der Waals surface area contributed by atoms with Crippen molar-refractivity contribution >= 4 is 57.1 Å². The Bertz CT molecular complexity index is 904. The summed E-state index contributed by atoms with van der Waals surface area (Å²) in [6.45, 7) is 0. The molecule has 0 unspecified atom stereocenters. The predicted molar refractivity (Wildman–Crippen MR) is 99.4 cm³/mol. The summed E-state index contributed by atoms with van der Waals surface area (Å²) in [5, 5.41) is 4.21. The van der Waals surface area contributed by atoms with E-state index in [2.05, 4.69) is 0 Å². The topological polar surface area (TPSA) is 68.3 Å². The molecule has 0 spiro atoms. The maximum absolute atomic E-state index is 13.6. The lowest BCUT2D eigenvalue weighted by atomic mass is 9.70. The third kappa shape index (κ3) is 3.27. The average molecular weight is 442 g/mol. The van der Waals surface area contributed by atoms with E-state index in [4.69, 9.17) is 0 Å². The summed E-state index contributed by atoms with van der Waals surface area (Å²) in [6.07, 6.45) is -5.58. The Morgan fingerprint density at radius 2 is 0.964 bits per heavy atom. The molecule has 3 aromatic rings. The zero-order valence-electron chi connectivity index (χ0n) is 13.7. The van der Waals surface area contributed by atoms with Gasteiger partial charge in [-0.15, -0.1) is 34.0 Å². The second-order valence-corrected chi connectivity index (χ2v) is 8.34. The molecule has 3 heterocycles. The Morgan fingerprint density at radius 3 is 1.18 bits per heavy atom. The zero-order valence-corrected chi connectivity index (χ0v) is 16.1. The van der Waals surface area contributed by atoms with Gasteiger partial charge in [0.2, 0.25) is 22.8 Å². The fourth-order valence-corrected chi connectivity index (χ4v) is 4.77. The van der Waals surface area contributed by atoms with Gasteiger partial charge in [-0.25, -0.2) is 0 Å². The maximum atomic E-state index is 13.6. The highest BCUT2D eigenvalue weighted by Crippen LogP contribution is 2.41. The van der Waals surface area contributed by atoms with Crippen LogP contribution in [-0.4, -0.2) is 29.3 Å². The first-order chi connectivity index (χ1) is 13.2. The number of hydrogen-bond donors (Lipinski definition) is 0. The van der Waals surface area contributed by atoms with Crippen molar-refractivity contribution in [3.8, 4) is 0 Å². The highest BCUT2D eigenvalue weighted by molar-refractivity contribution is 7.14. The number of ketones is 4. The van der Waals surface area contributed by atoms with Crippen molar-refractivity contribution in [2.24, 2.45) is 5.41 Å². The Labute approximate surface area is 168 Å². The summed E-state index contributed by atoms with van der Waals surface area (Å²) in [5.41, 5.74) is -3.56. The van der Waals surface area contributed by atoms with Crippen LogP contribution < -0.4 is 0 Å². The zero-order chi connectivity index (χ0) is 20.5. The molecule has 3 aromatic heterocycles. The first-order valence-corrected chi connectivity index (χ1v) is 10.2. The molecular formula is C18H9F3O4S3. The van der Waals surface area contributed by atoms with Crippen molar-refractivity contribution in [2.75, 3.05) is 0 Å². The third-order valence-electron chi connectivity index (χ3n) is 3.85. The van der Waals surface area contributed by atoms with Crippen LogP contribution in [0.1, 0.15) is 29.0 Å². The highest BCUT2D eigenvalue weighted by Gasteiger charge is 2.66. The number of alkyl halides is 3. The van der Waals surface area contributed by atoms with Crippen LogP contribution in [0.2, 0.25) is 0 Å². The number of carbonyl (C=O) groups excluding carboxylic acids is 4. The molecule has 144 valence electrons. The fourth-order valence-electron chi connectivity index (χ4n) is 2.61. The first kappa shape index (κ1) is 20.3. The third-order valence-corrected chi connectivity index (χ3v) is 6.46. The summed E-state index contributed by atoms with van der Waals surface area (Å²) >= 11 is 2.25. The van der Waals surface area contributed by atoms with Gasteiger partial charge in [0.25, 0.3) is 5.78 Å². The number of thiophene rings is 3. The van der Waals surface area contributed by atoms with Crippen LogP contribution >= 0.6 is 34.0 Å². The smallest absolute Gasteiger partial charge is 0.291 e. The van der Waals surface area contributed by atoms with E-state index in [1.54, 1.807) is 0 Å². The molecule has 0 aromatic carbocycles. The largest absolute Gasteiger partial charge is 0.452 e. The van der Waals surface area contributed by atoms with Gasteiger partial charge in [0, 0.05) is 0 Å². The van der Waals surface area contributed by atoms with Crippen LogP contribution in [0.25, 0.3) is 0 Å². The van der Waals surface area contributed by atoms with Crippen molar-refractivity contribution in [2.45, 2.75) is 6.18 Å². The standard InChI is InChI=1S/C18H9F3O4S3/c19-18(20,21)16(25)17(13(22)10-4-1-7-26-10,14(23)11-5-2-8-27-11)15(24)12-6-3-9-28-12/h1-9H. The number of hydrogen-bond acceptors (Lipinski definition) is 7. The van der Waals surface area contributed by atoms with Crippen LogP contribution in [0.4, 0.5) is 13.2 Å². The van der Waals surface area contributed by atoms with Gasteiger partial charge in [-0.3, -0.25) is 19.2 Å². The molecule has 3 rings (SSSR count). The molecule has 0 aliphatic heterocycles. The van der Waals surface area contributed by atoms with Crippen LogP contribution in [0, 0.1) is 5.41 Å². The Balaban J connectivity index is 2.34. The van der Waals surface area contributed by atoms with Gasteiger partial charge in [0.15, 0.2) is 0 Å². The van der Waals surface area contributed by atoms with E-state index in [9.17, 15) is 32.3 Å². The highest BCUT2D eigenvalue weighted by atomic mass is 32.1. The lowest BCUT2D eigenvalue weighted by molar-refractivity contribution is -0.175. The molecular weight excluding hydrogens is 433 g/mol. The van der Waals surface area contributed by atoms with Crippen molar-refractivity contribution in [3.63, 3.8) is 0 Å². The van der Waals surface area contributed by atoms with E-state index in [1.807, 2.05) is 0 Å². The normalized spacial score (nSPS) is 12.0. The molecule has 0 atom stereocenters. The summed E-state index contributed by atoms with van der Waals surface area (Å²) in [4.78, 5) is 51.1. The average Bonchev–Trinajstić information content (AvgIpc) is 3.44. The molecule has 28 heavy (non-hydrogen) atoms. The monoisotopic (exact) mass is 442 g/mol. The Morgan fingerprint density at radius 1 is 0.643 bits per heavy atom. The minimum Gasteiger partial charge on any atom is -0.291 e. The molecule has 0 saturated carbocycles. The van der Waals surface area contributed by atoms with Crippen LogP contribution in [-0.2, 0) is 4.79 Å². The first-order valence-electron chi connectivity index (χ1n) is 7.57. The SMILES string of the molecule is O=C(c1cccs1)C(C(=O)c1cccs1)(C(=O)c1cccs1)C(=O)C(F)(F)F. The number of carbonyl (C=O) groups is 4. The van der Waals surface area contributed by atoms with Gasteiger partial charge in [-0.1, -0.05) is 18.2 Å². The van der Waals surface area contributed by atoms with Gasteiger partial charge < -0.3 is 0 Å². The number of rotatable bonds is 7. The lowest BCUT2D eigenvalue weighted by Gasteiger charge is -2.27.